The van der Waals surface area contributed by atoms with Gasteiger partial charge in [-0.3, -0.25) is 10.1 Å². The van der Waals surface area contributed by atoms with E-state index in [1.165, 1.54) is 12.1 Å². The second kappa shape index (κ2) is 7.31. The van der Waals surface area contributed by atoms with Gasteiger partial charge in [0.1, 0.15) is 0 Å². The van der Waals surface area contributed by atoms with Crippen molar-refractivity contribution in [3.63, 3.8) is 0 Å². The summed E-state index contributed by atoms with van der Waals surface area (Å²) in [6, 6.07) is 12.1. The smallest absolute Gasteiger partial charge is 0.271 e. The molecule has 0 bridgehead atoms. The minimum atomic E-state index is -0.411. The molecule has 0 aliphatic rings. The Morgan fingerprint density at radius 3 is 2.68 bits per heavy atom. The Bertz CT molecular complexity index is 658. The fourth-order valence-corrected chi connectivity index (χ4v) is 2.03. The van der Waals surface area contributed by atoms with Gasteiger partial charge < -0.3 is 14.8 Å². The monoisotopic (exact) mass is 302 g/mol. The van der Waals surface area contributed by atoms with Crippen LogP contribution in [0.5, 0.6) is 11.5 Å². The molecule has 0 unspecified atom stereocenters. The van der Waals surface area contributed by atoms with Crippen molar-refractivity contribution in [3.05, 3.63) is 58.1 Å². The number of benzene rings is 2. The number of non-ortho nitro benzene ring substituents is 1. The highest BCUT2D eigenvalue weighted by atomic mass is 16.6. The molecule has 0 saturated heterocycles. The van der Waals surface area contributed by atoms with Crippen LogP contribution in [0.3, 0.4) is 0 Å². The molecule has 116 valence electrons. The summed E-state index contributed by atoms with van der Waals surface area (Å²) >= 11 is 0. The molecule has 0 spiro atoms. The molecule has 0 heterocycles. The van der Waals surface area contributed by atoms with Gasteiger partial charge in [-0.1, -0.05) is 12.1 Å². The lowest BCUT2D eigenvalue weighted by Gasteiger charge is -2.12. The van der Waals surface area contributed by atoms with Crippen LogP contribution in [0.1, 0.15) is 12.5 Å². The molecule has 0 radical (unpaired) electrons. The van der Waals surface area contributed by atoms with Crippen LogP contribution < -0.4 is 14.8 Å². The van der Waals surface area contributed by atoms with Gasteiger partial charge >= 0.3 is 0 Å². The topological polar surface area (TPSA) is 73.6 Å². The largest absolute Gasteiger partial charge is 0.493 e. The lowest BCUT2D eigenvalue weighted by Crippen LogP contribution is -2.02. The zero-order valence-electron chi connectivity index (χ0n) is 12.5. The van der Waals surface area contributed by atoms with E-state index in [0.29, 0.717) is 30.3 Å². The van der Waals surface area contributed by atoms with Crippen LogP contribution in [-0.2, 0) is 6.54 Å². The third kappa shape index (κ3) is 3.88. The van der Waals surface area contributed by atoms with Crippen molar-refractivity contribution in [3.8, 4) is 11.5 Å². The number of ether oxygens (including phenoxy) is 2. The number of rotatable bonds is 7. The van der Waals surface area contributed by atoms with Crippen molar-refractivity contribution < 1.29 is 14.4 Å². The van der Waals surface area contributed by atoms with Crippen molar-refractivity contribution in [1.29, 1.82) is 0 Å². The first-order chi connectivity index (χ1) is 10.6. The fraction of sp³-hybridized carbons (Fsp3) is 0.250. The van der Waals surface area contributed by atoms with Gasteiger partial charge in [0.05, 0.1) is 18.6 Å². The summed E-state index contributed by atoms with van der Waals surface area (Å²) in [4.78, 5) is 10.4. The zero-order valence-corrected chi connectivity index (χ0v) is 12.5. The highest BCUT2D eigenvalue weighted by Crippen LogP contribution is 2.28. The van der Waals surface area contributed by atoms with Gasteiger partial charge in [-0.25, -0.2) is 0 Å². The van der Waals surface area contributed by atoms with Crippen molar-refractivity contribution in [2.45, 2.75) is 13.5 Å². The summed E-state index contributed by atoms with van der Waals surface area (Å²) in [7, 11) is 1.60. The normalized spacial score (nSPS) is 10.1. The molecule has 2 aromatic carbocycles. The van der Waals surface area contributed by atoms with Crippen LogP contribution in [0.4, 0.5) is 11.4 Å². The highest BCUT2D eigenvalue weighted by Gasteiger charge is 2.07. The summed E-state index contributed by atoms with van der Waals surface area (Å²) in [6.45, 7) is 3.00. The summed E-state index contributed by atoms with van der Waals surface area (Å²) in [6.07, 6.45) is 0. The highest BCUT2D eigenvalue weighted by molar-refractivity contribution is 5.52. The van der Waals surface area contributed by atoms with E-state index in [9.17, 15) is 10.1 Å². The van der Waals surface area contributed by atoms with E-state index in [1.54, 1.807) is 19.2 Å². The number of anilines is 1. The van der Waals surface area contributed by atoms with E-state index in [2.05, 4.69) is 5.32 Å². The van der Waals surface area contributed by atoms with Crippen LogP contribution in [0.25, 0.3) is 0 Å². The summed E-state index contributed by atoms with van der Waals surface area (Å²) < 4.78 is 10.8. The fourth-order valence-electron chi connectivity index (χ4n) is 2.03. The number of methoxy groups -OCH3 is 1. The van der Waals surface area contributed by atoms with Gasteiger partial charge in [0.2, 0.25) is 0 Å². The van der Waals surface area contributed by atoms with Crippen molar-refractivity contribution in [2.75, 3.05) is 19.0 Å². The van der Waals surface area contributed by atoms with Gasteiger partial charge in [-0.05, 0) is 30.7 Å². The third-order valence-corrected chi connectivity index (χ3v) is 3.08. The van der Waals surface area contributed by atoms with Crippen molar-refractivity contribution >= 4 is 11.4 Å². The molecule has 0 fully saturated rings. The second-order valence-corrected chi connectivity index (χ2v) is 4.58. The maximum Gasteiger partial charge on any atom is 0.271 e. The van der Waals surface area contributed by atoms with Crippen molar-refractivity contribution in [2.24, 2.45) is 0 Å². The number of hydrogen-bond donors (Lipinski definition) is 1. The molecule has 0 aliphatic heterocycles. The predicted molar refractivity (Wildman–Crippen MR) is 84.6 cm³/mol. The van der Waals surface area contributed by atoms with E-state index >= 15 is 0 Å². The molecular weight excluding hydrogens is 284 g/mol. The molecular formula is C16H18N2O4. The van der Waals surface area contributed by atoms with Crippen LogP contribution in [0.2, 0.25) is 0 Å². The third-order valence-electron chi connectivity index (χ3n) is 3.08. The van der Waals surface area contributed by atoms with Gasteiger partial charge in [-0.2, -0.15) is 0 Å². The summed E-state index contributed by atoms with van der Waals surface area (Å²) in [5.41, 5.74) is 1.76. The molecule has 0 atom stereocenters. The van der Waals surface area contributed by atoms with E-state index in [-0.39, 0.29) is 5.69 Å². The first-order valence-corrected chi connectivity index (χ1v) is 6.92. The van der Waals surface area contributed by atoms with E-state index < -0.39 is 4.92 Å². The number of nitrogens with zero attached hydrogens (tertiary/aromatic N) is 1. The number of hydrogen-bond acceptors (Lipinski definition) is 5. The number of nitro benzene ring substituents is 1. The Labute approximate surface area is 128 Å². The minimum absolute atomic E-state index is 0.0646. The van der Waals surface area contributed by atoms with E-state index in [4.69, 9.17) is 9.47 Å². The van der Waals surface area contributed by atoms with Crippen LogP contribution in [0, 0.1) is 10.1 Å². The van der Waals surface area contributed by atoms with Crippen LogP contribution in [-0.4, -0.2) is 18.6 Å². The second-order valence-electron chi connectivity index (χ2n) is 4.58. The average Bonchev–Trinajstić information content (AvgIpc) is 2.53. The number of nitrogens with one attached hydrogen (secondary N) is 1. The molecule has 0 amide bonds. The standard InChI is InChI=1S/C16H18N2O4/c1-3-22-16-9-12(7-8-15(16)21-2)11-17-13-5-4-6-14(10-13)18(19)20/h4-10,17H,3,11H2,1-2H3. The minimum Gasteiger partial charge on any atom is -0.493 e. The molecule has 2 rings (SSSR count). The van der Waals surface area contributed by atoms with Crippen molar-refractivity contribution in [1.82, 2.24) is 0 Å². The van der Waals surface area contributed by atoms with Gasteiger partial charge in [0.15, 0.2) is 11.5 Å². The lowest BCUT2D eigenvalue weighted by molar-refractivity contribution is -0.384. The maximum absolute atomic E-state index is 10.8. The Hall–Kier alpha value is -2.76. The van der Waals surface area contributed by atoms with Gasteiger partial charge in [0.25, 0.3) is 5.69 Å². The molecule has 1 N–H and O–H groups in total. The van der Waals surface area contributed by atoms with Crippen LogP contribution >= 0.6 is 0 Å². The average molecular weight is 302 g/mol. The zero-order chi connectivity index (χ0) is 15.9. The molecule has 0 aromatic heterocycles. The first kappa shape index (κ1) is 15.6. The molecule has 6 nitrogen and oxygen atoms in total. The molecule has 0 saturated carbocycles. The Kier molecular flexibility index (Phi) is 5.19. The summed E-state index contributed by atoms with van der Waals surface area (Å²) in [5.74, 6) is 1.37. The first-order valence-electron chi connectivity index (χ1n) is 6.92. The SMILES string of the molecule is CCOc1cc(CNc2cccc([N+](=O)[O-])c2)ccc1OC. The van der Waals surface area contributed by atoms with Gasteiger partial charge in [0, 0.05) is 24.4 Å². The van der Waals surface area contributed by atoms with Gasteiger partial charge in [-0.15, -0.1) is 0 Å². The molecule has 2 aromatic rings. The Balaban J connectivity index is 2.09. The predicted octanol–water partition coefficient (Wildman–Crippen LogP) is 3.61. The molecule has 6 heteroatoms. The van der Waals surface area contributed by atoms with E-state index in [0.717, 1.165) is 5.56 Å². The van der Waals surface area contributed by atoms with Crippen LogP contribution in [0.15, 0.2) is 42.5 Å². The maximum atomic E-state index is 10.8. The quantitative estimate of drug-likeness (QED) is 0.624. The molecule has 0 aliphatic carbocycles. The summed E-state index contributed by atoms with van der Waals surface area (Å²) in [5, 5.41) is 13.9. The molecule has 22 heavy (non-hydrogen) atoms. The Morgan fingerprint density at radius 1 is 1.18 bits per heavy atom. The van der Waals surface area contributed by atoms with E-state index in [1.807, 2.05) is 25.1 Å². The Morgan fingerprint density at radius 2 is 2.00 bits per heavy atom. The lowest BCUT2D eigenvalue weighted by atomic mass is 10.2. The number of nitro groups is 1.